The number of hydrogen-bond acceptors (Lipinski definition) is 2. The summed E-state index contributed by atoms with van der Waals surface area (Å²) >= 11 is 0. The first-order valence-electron chi connectivity index (χ1n) is 7.06. The van der Waals surface area contributed by atoms with Gasteiger partial charge in [-0.3, -0.25) is 4.98 Å². The van der Waals surface area contributed by atoms with Crippen molar-refractivity contribution >= 4 is 0 Å². The van der Waals surface area contributed by atoms with Crippen molar-refractivity contribution in [2.75, 3.05) is 0 Å². The lowest BCUT2D eigenvalue weighted by molar-refractivity contribution is 0.532. The molecule has 0 spiro atoms. The van der Waals surface area contributed by atoms with Gasteiger partial charge >= 0.3 is 0 Å². The van der Waals surface area contributed by atoms with Crippen molar-refractivity contribution in [2.45, 2.75) is 39.8 Å². The maximum Gasteiger partial charge on any atom is 0.123 e. The summed E-state index contributed by atoms with van der Waals surface area (Å²) in [5, 5.41) is 3.47. The van der Waals surface area contributed by atoms with Gasteiger partial charge < -0.3 is 5.32 Å². The first-order valence-corrected chi connectivity index (χ1v) is 7.06. The van der Waals surface area contributed by atoms with Crippen LogP contribution in [0.25, 0.3) is 11.3 Å². The molecule has 1 aromatic heterocycles. The Morgan fingerprint density at radius 1 is 1.15 bits per heavy atom. The number of halogens is 1. The van der Waals surface area contributed by atoms with Crippen molar-refractivity contribution in [2.24, 2.45) is 0 Å². The Labute approximate surface area is 120 Å². The second kappa shape index (κ2) is 6.62. The van der Waals surface area contributed by atoms with Crippen LogP contribution in [0.4, 0.5) is 4.39 Å². The van der Waals surface area contributed by atoms with E-state index in [9.17, 15) is 4.39 Å². The highest BCUT2D eigenvalue weighted by molar-refractivity contribution is 5.59. The van der Waals surface area contributed by atoms with Crippen LogP contribution in [-0.2, 0) is 6.54 Å². The van der Waals surface area contributed by atoms with Gasteiger partial charge in [0.05, 0.1) is 5.69 Å². The standard InChI is InChI=1S/C17H21FN2/c1-4-12(2)19-11-15-7-10-17(20-13(15)3)14-5-8-16(18)9-6-14/h5-10,12,19H,4,11H2,1-3H3. The van der Waals surface area contributed by atoms with Gasteiger partial charge in [0.1, 0.15) is 5.82 Å². The molecule has 1 aromatic carbocycles. The minimum absolute atomic E-state index is 0.222. The number of hydrogen-bond donors (Lipinski definition) is 1. The number of nitrogens with zero attached hydrogens (tertiary/aromatic N) is 1. The van der Waals surface area contributed by atoms with Crippen molar-refractivity contribution in [3.05, 3.63) is 53.5 Å². The van der Waals surface area contributed by atoms with E-state index in [0.717, 1.165) is 29.9 Å². The van der Waals surface area contributed by atoms with E-state index in [0.29, 0.717) is 6.04 Å². The molecule has 0 aliphatic rings. The molecule has 2 nitrogen and oxygen atoms in total. The third kappa shape index (κ3) is 3.64. The zero-order valence-electron chi connectivity index (χ0n) is 12.3. The van der Waals surface area contributed by atoms with Crippen LogP contribution in [0.2, 0.25) is 0 Å². The summed E-state index contributed by atoms with van der Waals surface area (Å²) in [6.07, 6.45) is 1.11. The molecule has 106 valence electrons. The van der Waals surface area contributed by atoms with Crippen LogP contribution in [0.5, 0.6) is 0 Å². The van der Waals surface area contributed by atoms with Gasteiger partial charge in [0, 0.05) is 23.8 Å². The maximum atomic E-state index is 12.9. The van der Waals surface area contributed by atoms with E-state index in [1.54, 1.807) is 12.1 Å². The Bertz CT molecular complexity index is 564. The first-order chi connectivity index (χ1) is 9.60. The number of nitrogens with one attached hydrogen (secondary N) is 1. The number of aryl methyl sites for hydroxylation is 1. The summed E-state index contributed by atoms with van der Waals surface area (Å²) < 4.78 is 12.9. The Balaban J connectivity index is 2.15. The summed E-state index contributed by atoms with van der Waals surface area (Å²) in [5.41, 5.74) is 4.05. The van der Waals surface area contributed by atoms with Gasteiger partial charge in [0.25, 0.3) is 0 Å². The van der Waals surface area contributed by atoms with E-state index in [4.69, 9.17) is 0 Å². The predicted octanol–water partition coefficient (Wildman–Crippen LogP) is 4.08. The highest BCUT2D eigenvalue weighted by atomic mass is 19.1. The molecule has 0 saturated heterocycles. The molecule has 0 fully saturated rings. The van der Waals surface area contributed by atoms with Crippen molar-refractivity contribution < 1.29 is 4.39 Å². The molecule has 2 rings (SSSR count). The Kier molecular flexibility index (Phi) is 4.85. The van der Waals surface area contributed by atoms with Crippen molar-refractivity contribution in [1.82, 2.24) is 10.3 Å². The average molecular weight is 272 g/mol. The monoisotopic (exact) mass is 272 g/mol. The molecule has 0 amide bonds. The minimum atomic E-state index is -0.222. The summed E-state index contributed by atoms with van der Waals surface area (Å²) in [5.74, 6) is -0.222. The molecule has 1 heterocycles. The summed E-state index contributed by atoms with van der Waals surface area (Å²) in [4.78, 5) is 4.61. The van der Waals surface area contributed by atoms with Gasteiger partial charge in [-0.1, -0.05) is 13.0 Å². The normalized spacial score (nSPS) is 12.4. The van der Waals surface area contributed by atoms with Gasteiger partial charge in [-0.25, -0.2) is 4.39 Å². The quantitative estimate of drug-likeness (QED) is 0.887. The number of rotatable bonds is 5. The Morgan fingerprint density at radius 2 is 1.85 bits per heavy atom. The topological polar surface area (TPSA) is 24.9 Å². The zero-order chi connectivity index (χ0) is 14.5. The van der Waals surface area contributed by atoms with Crippen LogP contribution in [-0.4, -0.2) is 11.0 Å². The second-order valence-corrected chi connectivity index (χ2v) is 5.14. The second-order valence-electron chi connectivity index (χ2n) is 5.14. The molecule has 1 N–H and O–H groups in total. The fraction of sp³-hybridized carbons (Fsp3) is 0.353. The SMILES string of the molecule is CCC(C)NCc1ccc(-c2ccc(F)cc2)nc1C. The summed E-state index contributed by atoms with van der Waals surface area (Å²) in [6.45, 7) is 7.19. The van der Waals surface area contributed by atoms with Crippen LogP contribution >= 0.6 is 0 Å². The highest BCUT2D eigenvalue weighted by Crippen LogP contribution is 2.19. The lowest BCUT2D eigenvalue weighted by atomic mass is 10.1. The first kappa shape index (κ1) is 14.7. The van der Waals surface area contributed by atoms with E-state index in [1.165, 1.54) is 17.7 Å². The molecule has 1 atom stereocenters. The van der Waals surface area contributed by atoms with E-state index < -0.39 is 0 Å². The van der Waals surface area contributed by atoms with E-state index >= 15 is 0 Å². The van der Waals surface area contributed by atoms with Crippen LogP contribution in [0.3, 0.4) is 0 Å². The van der Waals surface area contributed by atoms with Crippen molar-refractivity contribution in [1.29, 1.82) is 0 Å². The molecule has 20 heavy (non-hydrogen) atoms. The molecule has 0 aliphatic heterocycles. The molecule has 0 aliphatic carbocycles. The molecule has 3 heteroatoms. The van der Waals surface area contributed by atoms with Gasteiger partial charge in [0.2, 0.25) is 0 Å². The van der Waals surface area contributed by atoms with Gasteiger partial charge in [-0.05, 0) is 56.2 Å². The zero-order valence-corrected chi connectivity index (χ0v) is 12.3. The Morgan fingerprint density at radius 3 is 2.45 bits per heavy atom. The molecular formula is C17H21FN2. The lowest BCUT2D eigenvalue weighted by Crippen LogP contribution is -2.24. The summed E-state index contributed by atoms with van der Waals surface area (Å²) in [6, 6.07) is 11.0. The van der Waals surface area contributed by atoms with E-state index in [1.807, 2.05) is 13.0 Å². The third-order valence-corrected chi connectivity index (χ3v) is 3.59. The van der Waals surface area contributed by atoms with Crippen LogP contribution < -0.4 is 5.32 Å². The van der Waals surface area contributed by atoms with E-state index in [-0.39, 0.29) is 5.82 Å². The Hall–Kier alpha value is -1.74. The largest absolute Gasteiger partial charge is 0.310 e. The van der Waals surface area contributed by atoms with Gasteiger partial charge in [-0.2, -0.15) is 0 Å². The van der Waals surface area contributed by atoms with Gasteiger partial charge in [0.15, 0.2) is 0 Å². The van der Waals surface area contributed by atoms with Crippen molar-refractivity contribution in [3.63, 3.8) is 0 Å². The van der Waals surface area contributed by atoms with Crippen LogP contribution in [0.1, 0.15) is 31.5 Å². The van der Waals surface area contributed by atoms with Gasteiger partial charge in [-0.15, -0.1) is 0 Å². The molecule has 2 aromatic rings. The smallest absolute Gasteiger partial charge is 0.123 e. The van der Waals surface area contributed by atoms with Crippen LogP contribution in [0.15, 0.2) is 36.4 Å². The highest BCUT2D eigenvalue weighted by Gasteiger charge is 2.05. The lowest BCUT2D eigenvalue weighted by Gasteiger charge is -2.13. The molecule has 0 bridgehead atoms. The third-order valence-electron chi connectivity index (χ3n) is 3.59. The van der Waals surface area contributed by atoms with E-state index in [2.05, 4.69) is 30.2 Å². The number of aromatic nitrogens is 1. The molecule has 0 radical (unpaired) electrons. The molecule has 1 unspecified atom stereocenters. The fourth-order valence-electron chi connectivity index (χ4n) is 1.99. The number of benzene rings is 1. The number of pyridine rings is 1. The fourth-order valence-corrected chi connectivity index (χ4v) is 1.99. The minimum Gasteiger partial charge on any atom is -0.310 e. The van der Waals surface area contributed by atoms with Crippen molar-refractivity contribution in [3.8, 4) is 11.3 Å². The maximum absolute atomic E-state index is 12.9. The molecular weight excluding hydrogens is 251 g/mol. The predicted molar refractivity (Wildman–Crippen MR) is 81.0 cm³/mol. The summed E-state index contributed by atoms with van der Waals surface area (Å²) in [7, 11) is 0. The molecule has 0 saturated carbocycles. The average Bonchev–Trinajstić information content (AvgIpc) is 2.46. The van der Waals surface area contributed by atoms with Crippen LogP contribution in [0, 0.1) is 12.7 Å².